The van der Waals surface area contributed by atoms with E-state index >= 15 is 0 Å². The normalized spacial score (nSPS) is 17.3. The molecule has 2 N–H and O–H groups in total. The third kappa shape index (κ3) is 2.22. The van der Waals surface area contributed by atoms with E-state index in [0.29, 0.717) is 12.0 Å². The van der Waals surface area contributed by atoms with Gasteiger partial charge < -0.3 is 5.73 Å². The molecule has 20 heavy (non-hydrogen) atoms. The van der Waals surface area contributed by atoms with Gasteiger partial charge in [-0.25, -0.2) is 9.69 Å². The third-order valence-electron chi connectivity index (χ3n) is 3.60. The first kappa shape index (κ1) is 14.0. The van der Waals surface area contributed by atoms with Crippen LogP contribution in [0, 0.1) is 10.1 Å². The number of rotatable bonds is 1. The van der Waals surface area contributed by atoms with Crippen molar-refractivity contribution in [3.63, 3.8) is 0 Å². The van der Waals surface area contributed by atoms with Crippen molar-refractivity contribution in [1.82, 2.24) is 0 Å². The summed E-state index contributed by atoms with van der Waals surface area (Å²) in [6.07, 6.45) is 0.707. The van der Waals surface area contributed by atoms with Crippen molar-refractivity contribution >= 4 is 23.3 Å². The van der Waals surface area contributed by atoms with Gasteiger partial charge in [-0.2, -0.15) is 0 Å². The molecule has 1 aromatic carbocycles. The number of nitrogens with zero attached hydrogens (tertiary/aromatic N) is 2. The zero-order valence-corrected chi connectivity index (χ0v) is 11.3. The largest absolute Gasteiger partial charge is 0.351 e. The van der Waals surface area contributed by atoms with Gasteiger partial charge in [0.05, 0.1) is 10.6 Å². The van der Waals surface area contributed by atoms with Crippen LogP contribution >= 0.6 is 0 Å². The topological polar surface area (TPSA) is 107 Å². The van der Waals surface area contributed by atoms with Gasteiger partial charge in [0.25, 0.3) is 5.69 Å². The van der Waals surface area contributed by atoms with Crippen LogP contribution in [0.15, 0.2) is 18.2 Å². The first-order chi connectivity index (χ1) is 9.24. The SMILES string of the molecule is CC1(C)CCC(=O)N(C(N)=O)c2cc([N+](=O)[O-])ccc21. The van der Waals surface area contributed by atoms with Crippen molar-refractivity contribution in [2.45, 2.75) is 32.1 Å². The zero-order chi connectivity index (χ0) is 15.1. The molecule has 7 nitrogen and oxygen atoms in total. The van der Waals surface area contributed by atoms with Crippen molar-refractivity contribution in [3.05, 3.63) is 33.9 Å². The highest BCUT2D eigenvalue weighted by Gasteiger charge is 2.36. The highest BCUT2D eigenvalue weighted by atomic mass is 16.6. The Morgan fingerprint density at radius 3 is 2.65 bits per heavy atom. The van der Waals surface area contributed by atoms with Gasteiger partial charge in [-0.1, -0.05) is 13.8 Å². The standard InChI is InChI=1S/C13H15N3O4/c1-13(2)6-5-11(17)15(12(14)18)10-7-8(16(19)20)3-4-9(10)13/h3-4,7H,5-6H2,1-2H3,(H2,14,18). The first-order valence-electron chi connectivity index (χ1n) is 6.15. The summed E-state index contributed by atoms with van der Waals surface area (Å²) in [7, 11) is 0. The molecule has 0 spiro atoms. The van der Waals surface area contributed by atoms with E-state index in [1.807, 2.05) is 13.8 Å². The second kappa shape index (κ2) is 4.59. The molecule has 106 valence electrons. The number of anilines is 1. The number of carbonyl (C=O) groups is 2. The molecule has 0 aliphatic carbocycles. The molecule has 3 amide bonds. The summed E-state index contributed by atoms with van der Waals surface area (Å²) in [6.45, 7) is 3.85. The van der Waals surface area contributed by atoms with E-state index in [4.69, 9.17) is 5.73 Å². The van der Waals surface area contributed by atoms with E-state index in [1.165, 1.54) is 12.1 Å². The number of hydrogen-bond acceptors (Lipinski definition) is 4. The molecular weight excluding hydrogens is 262 g/mol. The Bertz CT molecular complexity index is 610. The van der Waals surface area contributed by atoms with E-state index in [9.17, 15) is 19.7 Å². The maximum atomic E-state index is 12.0. The molecule has 1 aromatic rings. The number of nitro benzene ring substituents is 1. The Hall–Kier alpha value is -2.44. The van der Waals surface area contributed by atoms with Crippen LogP contribution in [0.5, 0.6) is 0 Å². The number of non-ortho nitro benzene ring substituents is 1. The minimum absolute atomic E-state index is 0.165. The van der Waals surface area contributed by atoms with Crippen LogP contribution < -0.4 is 10.6 Å². The van der Waals surface area contributed by atoms with Crippen molar-refractivity contribution in [1.29, 1.82) is 0 Å². The van der Waals surface area contributed by atoms with Crippen molar-refractivity contribution in [2.24, 2.45) is 5.73 Å². The molecule has 0 atom stereocenters. The Balaban J connectivity index is 2.72. The number of nitrogens with two attached hydrogens (primary N) is 1. The Morgan fingerprint density at radius 1 is 1.45 bits per heavy atom. The number of fused-ring (bicyclic) bond motifs is 1. The number of nitro groups is 1. The minimum atomic E-state index is -0.922. The van der Waals surface area contributed by atoms with E-state index in [-0.39, 0.29) is 23.2 Å². The van der Waals surface area contributed by atoms with Crippen LogP contribution in [0.1, 0.15) is 32.3 Å². The number of carbonyl (C=O) groups excluding carboxylic acids is 2. The molecule has 0 saturated heterocycles. The summed E-state index contributed by atoms with van der Waals surface area (Å²) >= 11 is 0. The van der Waals surface area contributed by atoms with Crippen LogP contribution in [0.25, 0.3) is 0 Å². The van der Waals surface area contributed by atoms with E-state index in [1.54, 1.807) is 6.07 Å². The molecule has 1 aliphatic heterocycles. The van der Waals surface area contributed by atoms with Gasteiger partial charge in [0, 0.05) is 18.6 Å². The predicted octanol–water partition coefficient (Wildman–Crippen LogP) is 2.08. The second-order valence-corrected chi connectivity index (χ2v) is 5.41. The highest BCUT2D eigenvalue weighted by molar-refractivity contribution is 6.14. The quantitative estimate of drug-likeness (QED) is 0.626. The summed E-state index contributed by atoms with van der Waals surface area (Å²) < 4.78 is 0. The molecule has 0 unspecified atom stereocenters. The van der Waals surface area contributed by atoms with Crippen molar-refractivity contribution in [3.8, 4) is 0 Å². The smallest absolute Gasteiger partial charge is 0.326 e. The maximum absolute atomic E-state index is 12.0. The van der Waals surface area contributed by atoms with Gasteiger partial charge in [0.15, 0.2) is 0 Å². The van der Waals surface area contributed by atoms with Gasteiger partial charge >= 0.3 is 6.03 Å². The molecule has 0 radical (unpaired) electrons. The van der Waals surface area contributed by atoms with E-state index in [2.05, 4.69) is 0 Å². The Morgan fingerprint density at radius 2 is 2.10 bits per heavy atom. The van der Waals surface area contributed by atoms with Gasteiger partial charge in [-0.3, -0.25) is 14.9 Å². The fourth-order valence-corrected chi connectivity index (χ4v) is 2.43. The number of urea groups is 1. The number of amides is 3. The van der Waals surface area contributed by atoms with Crippen molar-refractivity contribution in [2.75, 3.05) is 4.90 Å². The van der Waals surface area contributed by atoms with Gasteiger partial charge in [-0.05, 0) is 23.5 Å². The van der Waals surface area contributed by atoms with E-state index in [0.717, 1.165) is 4.90 Å². The predicted molar refractivity (Wildman–Crippen MR) is 72.4 cm³/mol. The average Bonchev–Trinajstić information content (AvgIpc) is 2.44. The van der Waals surface area contributed by atoms with Crippen LogP contribution in [0.4, 0.5) is 16.2 Å². The lowest BCUT2D eigenvalue weighted by Crippen LogP contribution is -2.40. The second-order valence-electron chi connectivity index (χ2n) is 5.41. The summed E-state index contributed by atoms with van der Waals surface area (Å²) in [5, 5.41) is 10.9. The lowest BCUT2D eigenvalue weighted by molar-refractivity contribution is -0.384. The number of imide groups is 1. The lowest BCUT2D eigenvalue weighted by atomic mass is 9.80. The van der Waals surface area contributed by atoms with Gasteiger partial charge in [-0.15, -0.1) is 0 Å². The zero-order valence-electron chi connectivity index (χ0n) is 11.3. The van der Waals surface area contributed by atoms with Crippen LogP contribution in [-0.2, 0) is 10.2 Å². The summed E-state index contributed by atoms with van der Waals surface area (Å²) in [6, 6.07) is 3.26. The van der Waals surface area contributed by atoms with Crippen LogP contribution in [0.3, 0.4) is 0 Å². The summed E-state index contributed by atoms with van der Waals surface area (Å²) in [5.74, 6) is -0.440. The lowest BCUT2D eigenvalue weighted by Gasteiger charge is -2.25. The van der Waals surface area contributed by atoms with E-state index < -0.39 is 16.9 Å². The van der Waals surface area contributed by atoms with Crippen LogP contribution in [-0.4, -0.2) is 16.9 Å². The van der Waals surface area contributed by atoms with Gasteiger partial charge in [0.2, 0.25) is 5.91 Å². The Labute approximate surface area is 115 Å². The first-order valence-corrected chi connectivity index (χ1v) is 6.15. The minimum Gasteiger partial charge on any atom is -0.351 e. The van der Waals surface area contributed by atoms with Crippen LogP contribution in [0.2, 0.25) is 0 Å². The molecule has 1 aliphatic rings. The monoisotopic (exact) mass is 277 g/mol. The third-order valence-corrected chi connectivity index (χ3v) is 3.60. The molecule has 0 aromatic heterocycles. The number of primary amides is 1. The Kier molecular flexibility index (Phi) is 3.21. The molecule has 0 bridgehead atoms. The number of benzene rings is 1. The molecular formula is C13H15N3O4. The molecule has 0 fully saturated rings. The average molecular weight is 277 g/mol. The molecule has 2 rings (SSSR count). The van der Waals surface area contributed by atoms with Crippen molar-refractivity contribution < 1.29 is 14.5 Å². The summed E-state index contributed by atoms with van der Waals surface area (Å²) in [5.41, 5.74) is 5.61. The van der Waals surface area contributed by atoms with Gasteiger partial charge in [0.1, 0.15) is 0 Å². The molecule has 7 heteroatoms. The maximum Gasteiger partial charge on any atom is 0.326 e. The fourth-order valence-electron chi connectivity index (χ4n) is 2.43. The molecule has 0 saturated carbocycles. The summed E-state index contributed by atoms with van der Waals surface area (Å²) in [4.78, 5) is 34.7. The fraction of sp³-hybridized carbons (Fsp3) is 0.385. The number of hydrogen-bond donors (Lipinski definition) is 1. The molecule has 1 heterocycles. The highest BCUT2D eigenvalue weighted by Crippen LogP contribution is 2.40.